The molecule has 0 saturated heterocycles. The molecular formula is C58H38N2O2. The zero-order valence-electron chi connectivity index (χ0n) is 33.7. The van der Waals surface area contributed by atoms with Crippen molar-refractivity contribution in [1.29, 1.82) is 0 Å². The summed E-state index contributed by atoms with van der Waals surface area (Å²) in [6.07, 6.45) is 0. The van der Waals surface area contributed by atoms with Crippen LogP contribution in [0.3, 0.4) is 0 Å². The molecule has 62 heavy (non-hydrogen) atoms. The van der Waals surface area contributed by atoms with Crippen molar-refractivity contribution in [2.45, 2.75) is 0 Å². The minimum absolute atomic E-state index is 0.850. The first-order valence-corrected chi connectivity index (χ1v) is 21.0. The van der Waals surface area contributed by atoms with Gasteiger partial charge in [-0.3, -0.25) is 0 Å². The van der Waals surface area contributed by atoms with E-state index in [0.29, 0.717) is 0 Å². The van der Waals surface area contributed by atoms with Gasteiger partial charge in [0.2, 0.25) is 0 Å². The van der Waals surface area contributed by atoms with Crippen molar-refractivity contribution in [3.8, 4) is 22.3 Å². The van der Waals surface area contributed by atoms with E-state index in [2.05, 4.69) is 216 Å². The summed E-state index contributed by atoms with van der Waals surface area (Å²) < 4.78 is 13.2. The van der Waals surface area contributed by atoms with Gasteiger partial charge in [-0.25, -0.2) is 0 Å². The first kappa shape index (κ1) is 35.6. The Bertz CT molecular complexity index is 3590. The summed E-state index contributed by atoms with van der Waals surface area (Å²) in [5.41, 5.74) is 14.1. The van der Waals surface area contributed by atoms with Gasteiger partial charge in [0.05, 0.1) is 17.1 Å². The summed E-state index contributed by atoms with van der Waals surface area (Å²) in [6.45, 7) is 0. The average Bonchev–Trinajstić information content (AvgIpc) is 3.92. The average molecular weight is 795 g/mol. The quantitative estimate of drug-likeness (QED) is 0.153. The zero-order chi connectivity index (χ0) is 41.0. The molecule has 10 aromatic carbocycles. The minimum Gasteiger partial charge on any atom is -0.454 e. The SMILES string of the molecule is c1ccc(N(c2ccc(-c3ccc(N(c4ccccc4)c4cccc5c4oc4ccccc45)c(-c4ccc5ccccc5c4)c3)cc2)c2cccc3c2oc2ccccc23)cc1. The van der Waals surface area contributed by atoms with E-state index < -0.39 is 0 Å². The summed E-state index contributed by atoms with van der Waals surface area (Å²) >= 11 is 0. The fourth-order valence-electron chi connectivity index (χ4n) is 9.11. The third kappa shape index (κ3) is 6.00. The van der Waals surface area contributed by atoms with Crippen LogP contribution in [0.1, 0.15) is 0 Å². The molecule has 0 radical (unpaired) electrons. The number of anilines is 6. The topological polar surface area (TPSA) is 32.8 Å². The van der Waals surface area contributed by atoms with Crippen LogP contribution in [0.4, 0.5) is 34.1 Å². The van der Waals surface area contributed by atoms with E-state index >= 15 is 0 Å². The number of hydrogen-bond acceptors (Lipinski definition) is 4. The van der Waals surface area contributed by atoms with Crippen LogP contribution in [0.25, 0.3) is 76.9 Å². The van der Waals surface area contributed by atoms with Crippen LogP contribution < -0.4 is 9.80 Å². The fourth-order valence-corrected chi connectivity index (χ4v) is 9.11. The van der Waals surface area contributed by atoms with Crippen LogP contribution >= 0.6 is 0 Å². The molecule has 2 aromatic heterocycles. The third-order valence-electron chi connectivity index (χ3n) is 12.0. The van der Waals surface area contributed by atoms with Crippen molar-refractivity contribution in [3.63, 3.8) is 0 Å². The Kier molecular flexibility index (Phi) is 8.46. The maximum absolute atomic E-state index is 6.69. The summed E-state index contributed by atoms with van der Waals surface area (Å²) in [5.74, 6) is 0. The van der Waals surface area contributed by atoms with Gasteiger partial charge in [0, 0.05) is 44.2 Å². The van der Waals surface area contributed by atoms with Crippen LogP contribution in [0.5, 0.6) is 0 Å². The molecule has 0 spiro atoms. The molecule has 12 aromatic rings. The summed E-state index contributed by atoms with van der Waals surface area (Å²) in [6, 6.07) is 81.6. The molecule has 0 atom stereocenters. The normalized spacial score (nSPS) is 11.5. The molecule has 0 bridgehead atoms. The molecular weight excluding hydrogens is 757 g/mol. The van der Waals surface area contributed by atoms with Crippen molar-refractivity contribution in [2.24, 2.45) is 0 Å². The highest BCUT2D eigenvalue weighted by molar-refractivity contribution is 6.12. The first-order chi connectivity index (χ1) is 30.7. The van der Waals surface area contributed by atoms with Gasteiger partial charge in [0.1, 0.15) is 11.2 Å². The molecule has 2 heterocycles. The number of furan rings is 2. The highest BCUT2D eigenvalue weighted by Gasteiger charge is 2.23. The monoisotopic (exact) mass is 794 g/mol. The number of para-hydroxylation sites is 6. The van der Waals surface area contributed by atoms with Gasteiger partial charge < -0.3 is 18.6 Å². The smallest absolute Gasteiger partial charge is 0.159 e. The molecule has 0 aliphatic carbocycles. The molecule has 0 unspecified atom stereocenters. The Labute approximate surface area is 358 Å². The van der Waals surface area contributed by atoms with Crippen LogP contribution in [0.15, 0.2) is 239 Å². The molecule has 0 saturated carbocycles. The van der Waals surface area contributed by atoms with Gasteiger partial charge in [-0.1, -0.05) is 152 Å². The van der Waals surface area contributed by atoms with Crippen molar-refractivity contribution in [3.05, 3.63) is 231 Å². The Hall–Kier alpha value is -8.34. The second kappa shape index (κ2) is 14.7. The third-order valence-corrected chi connectivity index (χ3v) is 12.0. The lowest BCUT2D eigenvalue weighted by atomic mass is 9.94. The maximum atomic E-state index is 6.69. The number of rotatable bonds is 8. The highest BCUT2D eigenvalue weighted by atomic mass is 16.3. The second-order valence-electron chi connectivity index (χ2n) is 15.7. The van der Waals surface area contributed by atoms with E-state index in [1.807, 2.05) is 24.3 Å². The molecule has 0 aliphatic rings. The van der Waals surface area contributed by atoms with Crippen LogP contribution in [-0.4, -0.2) is 0 Å². The maximum Gasteiger partial charge on any atom is 0.159 e. The molecule has 0 aliphatic heterocycles. The highest BCUT2D eigenvalue weighted by Crippen LogP contribution is 2.47. The van der Waals surface area contributed by atoms with E-state index in [4.69, 9.17) is 8.83 Å². The summed E-state index contributed by atoms with van der Waals surface area (Å²) in [4.78, 5) is 4.63. The lowest BCUT2D eigenvalue weighted by molar-refractivity contribution is 0.668. The van der Waals surface area contributed by atoms with Crippen LogP contribution in [0, 0.1) is 0 Å². The van der Waals surface area contributed by atoms with Gasteiger partial charge in [-0.05, 0) is 106 Å². The molecule has 292 valence electrons. The van der Waals surface area contributed by atoms with E-state index in [9.17, 15) is 0 Å². The largest absolute Gasteiger partial charge is 0.454 e. The van der Waals surface area contributed by atoms with Gasteiger partial charge in [-0.2, -0.15) is 0 Å². The molecule has 0 N–H and O–H groups in total. The fraction of sp³-hybridized carbons (Fsp3) is 0. The second-order valence-corrected chi connectivity index (χ2v) is 15.7. The predicted octanol–water partition coefficient (Wildman–Crippen LogP) is 16.9. The zero-order valence-corrected chi connectivity index (χ0v) is 33.7. The number of hydrogen-bond donors (Lipinski definition) is 0. The van der Waals surface area contributed by atoms with Crippen LogP contribution in [0.2, 0.25) is 0 Å². The summed E-state index contributed by atoms with van der Waals surface area (Å²) in [7, 11) is 0. The van der Waals surface area contributed by atoms with E-state index in [1.54, 1.807) is 0 Å². The molecule has 0 fully saturated rings. The Morgan fingerprint density at radius 2 is 0.758 bits per heavy atom. The number of nitrogens with zero attached hydrogens (tertiary/aromatic N) is 2. The van der Waals surface area contributed by atoms with Gasteiger partial charge in [-0.15, -0.1) is 0 Å². The Morgan fingerprint density at radius 3 is 1.40 bits per heavy atom. The van der Waals surface area contributed by atoms with Crippen molar-refractivity contribution >= 4 is 88.8 Å². The Balaban J connectivity index is 1.02. The standard InChI is InChI=1S/C58H38N2O2/c1-3-17-44(18-4-1)59(53-25-13-23-49-47-21-9-11-27-55(47)61-57(49)53)46-34-31-40(32-35-46)42-33-36-52(51(38-42)43-30-29-39-15-7-8-16-41(39)37-43)60(45-19-5-2-6-20-45)54-26-14-24-50-48-22-10-12-28-56(48)62-58(50)54/h1-38H. The first-order valence-electron chi connectivity index (χ1n) is 21.0. The lowest BCUT2D eigenvalue weighted by Crippen LogP contribution is -2.11. The van der Waals surface area contributed by atoms with Crippen LogP contribution in [-0.2, 0) is 0 Å². The molecule has 4 nitrogen and oxygen atoms in total. The van der Waals surface area contributed by atoms with E-state index in [1.165, 1.54) is 10.8 Å². The van der Waals surface area contributed by atoms with Gasteiger partial charge >= 0.3 is 0 Å². The Morgan fingerprint density at radius 1 is 0.274 bits per heavy atom. The van der Waals surface area contributed by atoms with Crippen molar-refractivity contribution in [1.82, 2.24) is 0 Å². The molecule has 12 rings (SSSR count). The van der Waals surface area contributed by atoms with Crippen molar-refractivity contribution in [2.75, 3.05) is 9.80 Å². The lowest BCUT2D eigenvalue weighted by Gasteiger charge is -2.28. The van der Waals surface area contributed by atoms with Gasteiger partial charge in [0.25, 0.3) is 0 Å². The van der Waals surface area contributed by atoms with Crippen molar-refractivity contribution < 1.29 is 8.83 Å². The number of benzene rings is 10. The van der Waals surface area contributed by atoms with E-state index in [0.717, 1.165) is 100 Å². The number of fused-ring (bicyclic) bond motifs is 7. The molecule has 0 amide bonds. The predicted molar refractivity (Wildman–Crippen MR) is 259 cm³/mol. The van der Waals surface area contributed by atoms with E-state index in [-0.39, 0.29) is 0 Å². The minimum atomic E-state index is 0.850. The van der Waals surface area contributed by atoms with Gasteiger partial charge in [0.15, 0.2) is 11.2 Å². The molecule has 4 heteroatoms. The summed E-state index contributed by atoms with van der Waals surface area (Å²) in [5, 5.41) is 6.79.